The van der Waals surface area contributed by atoms with E-state index >= 15 is 0 Å². The van der Waals surface area contributed by atoms with E-state index < -0.39 is 41.5 Å². The first-order valence-electron chi connectivity index (χ1n) is 11.6. The van der Waals surface area contributed by atoms with E-state index in [0.717, 1.165) is 18.2 Å². The van der Waals surface area contributed by atoms with Crippen LogP contribution < -0.4 is 19.5 Å². The van der Waals surface area contributed by atoms with Crippen LogP contribution in [0.15, 0.2) is 94.7 Å². The largest absolute Gasteiger partial charge is 0.495 e. The number of halogens is 2. The predicted octanol–water partition coefficient (Wildman–Crippen LogP) is 5.76. The Kier molecular flexibility index (Phi) is 8.92. The van der Waals surface area contributed by atoms with Crippen LogP contribution in [0.4, 0.5) is 22.7 Å². The molecule has 0 saturated heterocycles. The zero-order chi connectivity index (χ0) is 30.7. The van der Waals surface area contributed by atoms with E-state index in [-0.39, 0.29) is 37.6 Å². The Morgan fingerprint density at radius 1 is 0.786 bits per heavy atom. The number of rotatable bonds is 10. The maximum absolute atomic E-state index is 13.1. The second-order valence-corrected chi connectivity index (χ2v) is 12.6. The van der Waals surface area contributed by atoms with Crippen molar-refractivity contribution in [3.05, 3.63) is 111 Å². The van der Waals surface area contributed by atoms with Gasteiger partial charge < -0.3 is 10.1 Å². The standard InChI is InChI=1S/C26H20Cl2N4O8S2/c1-40-23-5-3-2-4-22(23)31-42(38,39)24-14-18(10-12-20(24)27)29-26(33)16-6-8-17(9-7-16)30-41(36,37)25-15-19(32(34)35)11-13-21(25)28/h2-15,30-31H,1H3,(H,29,33). The number of carbonyl (C=O) groups excluding carboxylic acids is 1. The highest BCUT2D eigenvalue weighted by Gasteiger charge is 2.23. The number of nitrogens with one attached hydrogen (secondary N) is 3. The lowest BCUT2D eigenvalue weighted by Crippen LogP contribution is -2.16. The first-order valence-corrected chi connectivity index (χ1v) is 15.4. The molecule has 0 spiro atoms. The number of carbonyl (C=O) groups is 1. The molecule has 1 amide bonds. The monoisotopic (exact) mass is 650 g/mol. The molecule has 218 valence electrons. The summed E-state index contributed by atoms with van der Waals surface area (Å²) in [4.78, 5) is 22.3. The molecule has 0 saturated carbocycles. The number of para-hydroxylation sites is 2. The van der Waals surface area contributed by atoms with E-state index in [1.54, 1.807) is 18.2 Å². The molecule has 0 unspecified atom stereocenters. The number of hydrogen-bond acceptors (Lipinski definition) is 8. The Morgan fingerprint density at radius 2 is 1.36 bits per heavy atom. The van der Waals surface area contributed by atoms with Crippen LogP contribution in [-0.4, -0.2) is 34.8 Å². The van der Waals surface area contributed by atoms with Gasteiger partial charge in [0.15, 0.2) is 0 Å². The van der Waals surface area contributed by atoms with Gasteiger partial charge in [-0.3, -0.25) is 24.4 Å². The third-order valence-corrected chi connectivity index (χ3v) is 9.35. The molecule has 4 aromatic rings. The second kappa shape index (κ2) is 12.2. The van der Waals surface area contributed by atoms with Gasteiger partial charge >= 0.3 is 0 Å². The molecule has 0 heterocycles. The summed E-state index contributed by atoms with van der Waals surface area (Å²) in [6, 6.07) is 18.5. The minimum atomic E-state index is -4.30. The molecule has 0 aromatic heterocycles. The lowest BCUT2D eigenvalue weighted by atomic mass is 10.2. The van der Waals surface area contributed by atoms with Crippen molar-refractivity contribution in [1.82, 2.24) is 0 Å². The van der Waals surface area contributed by atoms with E-state index in [2.05, 4.69) is 14.8 Å². The van der Waals surface area contributed by atoms with Crippen LogP contribution in [0, 0.1) is 10.1 Å². The predicted molar refractivity (Wildman–Crippen MR) is 159 cm³/mol. The Morgan fingerprint density at radius 3 is 2.00 bits per heavy atom. The zero-order valence-corrected chi connectivity index (χ0v) is 24.5. The number of nitro groups is 1. The van der Waals surface area contributed by atoms with Gasteiger partial charge in [0.1, 0.15) is 15.5 Å². The molecule has 0 aliphatic heterocycles. The Labute approximate surface area is 250 Å². The maximum atomic E-state index is 13.1. The van der Waals surface area contributed by atoms with Crippen molar-refractivity contribution in [2.75, 3.05) is 21.9 Å². The van der Waals surface area contributed by atoms with Crippen LogP contribution in [0.3, 0.4) is 0 Å². The number of methoxy groups -OCH3 is 1. The van der Waals surface area contributed by atoms with Crippen LogP contribution in [0.25, 0.3) is 0 Å². The minimum Gasteiger partial charge on any atom is -0.495 e. The van der Waals surface area contributed by atoms with Crippen molar-refractivity contribution in [3.8, 4) is 5.75 Å². The number of ether oxygens (including phenoxy) is 1. The summed E-state index contributed by atoms with van der Waals surface area (Å²) in [5.74, 6) is -0.338. The number of nitrogens with zero attached hydrogens (tertiary/aromatic N) is 1. The van der Waals surface area contributed by atoms with Crippen molar-refractivity contribution in [3.63, 3.8) is 0 Å². The summed E-state index contributed by atoms with van der Waals surface area (Å²) in [6.45, 7) is 0. The number of amides is 1. The topological polar surface area (TPSA) is 174 Å². The highest BCUT2D eigenvalue weighted by atomic mass is 35.5. The molecule has 4 aromatic carbocycles. The lowest BCUT2D eigenvalue weighted by molar-refractivity contribution is -0.385. The van der Waals surface area contributed by atoms with Gasteiger partial charge in [-0.25, -0.2) is 16.8 Å². The Bertz CT molecular complexity index is 1900. The van der Waals surface area contributed by atoms with Gasteiger partial charge in [-0.2, -0.15) is 0 Å². The normalized spacial score (nSPS) is 11.4. The van der Waals surface area contributed by atoms with E-state index in [1.807, 2.05) is 0 Å². The van der Waals surface area contributed by atoms with Crippen LogP contribution in [0.2, 0.25) is 10.0 Å². The van der Waals surface area contributed by atoms with Crippen molar-refractivity contribution in [1.29, 1.82) is 0 Å². The highest BCUT2D eigenvalue weighted by molar-refractivity contribution is 7.93. The molecular formula is C26H20Cl2N4O8S2. The molecule has 0 fully saturated rings. The average Bonchev–Trinajstić information content (AvgIpc) is 2.94. The molecule has 3 N–H and O–H groups in total. The molecule has 16 heteroatoms. The summed E-state index contributed by atoms with van der Waals surface area (Å²) < 4.78 is 61.5. The first kappa shape index (κ1) is 30.6. The molecule has 0 atom stereocenters. The summed E-state index contributed by atoms with van der Waals surface area (Å²) in [5, 5.41) is 13.3. The number of non-ortho nitro benzene ring substituents is 1. The molecule has 0 aliphatic rings. The van der Waals surface area contributed by atoms with Gasteiger partial charge in [0.05, 0.1) is 27.8 Å². The van der Waals surface area contributed by atoms with Crippen molar-refractivity contribution in [2.45, 2.75) is 9.79 Å². The Hall–Kier alpha value is -4.37. The quantitative estimate of drug-likeness (QED) is 0.143. The number of anilines is 3. The maximum Gasteiger partial charge on any atom is 0.270 e. The Balaban J connectivity index is 1.50. The molecule has 0 bridgehead atoms. The molecule has 0 radical (unpaired) electrons. The fourth-order valence-corrected chi connectivity index (χ4v) is 6.81. The van der Waals surface area contributed by atoms with Crippen LogP contribution >= 0.6 is 23.2 Å². The number of benzene rings is 4. The van der Waals surface area contributed by atoms with Gasteiger partial charge in [-0.1, -0.05) is 35.3 Å². The van der Waals surface area contributed by atoms with Crippen molar-refractivity contribution in [2.24, 2.45) is 0 Å². The summed E-state index contributed by atoms with van der Waals surface area (Å²) >= 11 is 12.1. The second-order valence-electron chi connectivity index (χ2n) is 8.46. The smallest absolute Gasteiger partial charge is 0.270 e. The van der Waals surface area contributed by atoms with Crippen LogP contribution in [-0.2, 0) is 20.0 Å². The van der Waals surface area contributed by atoms with Crippen molar-refractivity contribution < 1.29 is 31.3 Å². The number of nitro benzene ring substituents is 1. The van der Waals surface area contributed by atoms with E-state index in [4.69, 9.17) is 27.9 Å². The zero-order valence-electron chi connectivity index (χ0n) is 21.4. The van der Waals surface area contributed by atoms with Crippen molar-refractivity contribution >= 4 is 71.9 Å². The number of sulfonamides is 2. The van der Waals surface area contributed by atoms with Gasteiger partial charge in [0.25, 0.3) is 31.6 Å². The van der Waals surface area contributed by atoms with E-state index in [0.29, 0.717) is 5.75 Å². The summed E-state index contributed by atoms with van der Waals surface area (Å²) in [7, 11) is -7.09. The van der Waals surface area contributed by atoms with Crippen LogP contribution in [0.5, 0.6) is 5.75 Å². The highest BCUT2D eigenvalue weighted by Crippen LogP contribution is 2.31. The van der Waals surface area contributed by atoms with Gasteiger partial charge in [0.2, 0.25) is 0 Å². The molecule has 0 aliphatic carbocycles. The minimum absolute atomic E-state index is 0.0522. The molecule has 4 rings (SSSR count). The van der Waals surface area contributed by atoms with Gasteiger partial charge in [-0.05, 0) is 60.7 Å². The van der Waals surface area contributed by atoms with E-state index in [9.17, 15) is 31.7 Å². The third kappa shape index (κ3) is 6.91. The fraction of sp³-hybridized carbons (Fsp3) is 0.0385. The lowest BCUT2D eigenvalue weighted by Gasteiger charge is -2.14. The summed E-state index contributed by atoms with van der Waals surface area (Å²) in [6.07, 6.45) is 0. The molecule has 42 heavy (non-hydrogen) atoms. The molecular weight excluding hydrogens is 631 g/mol. The third-order valence-electron chi connectivity index (χ3n) is 5.64. The summed E-state index contributed by atoms with van der Waals surface area (Å²) in [5.41, 5.74) is 0.0126. The van der Waals surface area contributed by atoms with Gasteiger partial charge in [-0.15, -0.1) is 0 Å². The first-order chi connectivity index (χ1) is 19.8. The fourth-order valence-electron chi connectivity index (χ4n) is 3.63. The van der Waals surface area contributed by atoms with E-state index in [1.165, 1.54) is 55.6 Å². The number of hydrogen-bond donors (Lipinski definition) is 3. The molecule has 12 nitrogen and oxygen atoms in total. The van der Waals surface area contributed by atoms with Gasteiger partial charge in [0, 0.05) is 29.1 Å². The SMILES string of the molecule is COc1ccccc1NS(=O)(=O)c1cc(NC(=O)c2ccc(NS(=O)(=O)c3cc([N+](=O)[O-])ccc3Cl)cc2)ccc1Cl. The van der Waals surface area contributed by atoms with Crippen LogP contribution in [0.1, 0.15) is 10.4 Å². The average molecular weight is 652 g/mol.